The minimum Gasteiger partial charge on any atom is -0.343 e. The number of hydrogen-bond acceptors (Lipinski definition) is 3. The molecule has 2 fully saturated rings. The number of halogens is 3. The minimum absolute atomic E-state index is 0.188. The van der Waals surface area contributed by atoms with E-state index in [4.69, 9.17) is 0 Å². The van der Waals surface area contributed by atoms with Gasteiger partial charge in [0.2, 0.25) is 12.8 Å². The predicted octanol–water partition coefficient (Wildman–Crippen LogP) is 0.170. The van der Waals surface area contributed by atoms with E-state index in [1.54, 1.807) is 9.80 Å². The van der Waals surface area contributed by atoms with Gasteiger partial charge in [0, 0.05) is 52.2 Å². The van der Waals surface area contributed by atoms with Gasteiger partial charge in [-0.2, -0.15) is 13.2 Å². The van der Waals surface area contributed by atoms with E-state index in [1.807, 2.05) is 0 Å². The molecule has 0 unspecified atom stereocenters. The zero-order valence-corrected chi connectivity index (χ0v) is 10.8. The van der Waals surface area contributed by atoms with Crippen LogP contribution in [-0.2, 0) is 9.59 Å². The van der Waals surface area contributed by atoms with Crippen molar-refractivity contribution < 1.29 is 22.8 Å². The number of piperazine rings is 1. The molecule has 0 aliphatic carbocycles. The summed E-state index contributed by atoms with van der Waals surface area (Å²) < 4.78 is 31.1. The van der Waals surface area contributed by atoms with Gasteiger partial charge in [-0.1, -0.05) is 0 Å². The Balaban J connectivity index is 0.000000312. The average molecular weight is 281 g/mol. The van der Waals surface area contributed by atoms with Crippen molar-refractivity contribution in [2.75, 3.05) is 39.3 Å². The van der Waals surface area contributed by atoms with E-state index in [-0.39, 0.29) is 6.92 Å². The van der Waals surface area contributed by atoms with Crippen molar-refractivity contribution in [3.8, 4) is 0 Å². The zero-order valence-electron chi connectivity index (χ0n) is 10.8. The number of hydrogen-bond donors (Lipinski definition) is 0. The first-order valence-corrected chi connectivity index (χ1v) is 6.03. The number of nitrogens with zero attached hydrogens (tertiary/aromatic N) is 3. The molecule has 2 saturated heterocycles. The minimum atomic E-state index is -4.00. The lowest BCUT2D eigenvalue weighted by Crippen LogP contribution is -2.62. The van der Waals surface area contributed by atoms with Crippen LogP contribution in [0.4, 0.5) is 13.2 Å². The highest BCUT2D eigenvalue weighted by Crippen LogP contribution is 2.14. The van der Waals surface area contributed by atoms with Crippen molar-refractivity contribution in [1.29, 1.82) is 0 Å². The normalized spacial score (nSPS) is 21.3. The molecule has 0 spiro atoms. The molecule has 0 saturated carbocycles. The van der Waals surface area contributed by atoms with Crippen molar-refractivity contribution in [2.45, 2.75) is 19.1 Å². The van der Waals surface area contributed by atoms with E-state index in [1.165, 1.54) is 0 Å². The van der Waals surface area contributed by atoms with Gasteiger partial charge in [-0.05, 0) is 0 Å². The molecule has 0 radical (unpaired) electrons. The Kier molecular flexibility index (Phi) is 5.59. The number of alkyl halides is 3. The van der Waals surface area contributed by atoms with Crippen LogP contribution >= 0.6 is 0 Å². The van der Waals surface area contributed by atoms with Crippen molar-refractivity contribution >= 4 is 12.8 Å². The maximum atomic E-state index is 10.5. The average Bonchev–Trinajstić information content (AvgIpc) is 2.26. The Bertz CT molecular complexity index is 292. The highest BCUT2D eigenvalue weighted by molar-refractivity contribution is 5.49. The molecule has 0 aromatic rings. The number of carbonyl (C=O) groups excluding carboxylic acids is 2. The van der Waals surface area contributed by atoms with Gasteiger partial charge in [0.25, 0.3) is 0 Å². The summed E-state index contributed by atoms with van der Waals surface area (Å²) in [6.07, 6.45) is -2.19. The maximum Gasteiger partial charge on any atom is 0.386 e. The third-order valence-electron chi connectivity index (χ3n) is 3.05. The van der Waals surface area contributed by atoms with Crippen molar-refractivity contribution in [3.05, 3.63) is 0 Å². The van der Waals surface area contributed by atoms with E-state index < -0.39 is 6.18 Å². The fourth-order valence-corrected chi connectivity index (χ4v) is 2.01. The lowest BCUT2D eigenvalue weighted by Gasteiger charge is -2.46. The van der Waals surface area contributed by atoms with Gasteiger partial charge in [0.05, 0.1) is 0 Å². The van der Waals surface area contributed by atoms with Gasteiger partial charge < -0.3 is 9.80 Å². The van der Waals surface area contributed by atoms with Gasteiger partial charge in [0.1, 0.15) is 0 Å². The summed E-state index contributed by atoms with van der Waals surface area (Å²) >= 11 is 0. The van der Waals surface area contributed by atoms with Gasteiger partial charge in [0.15, 0.2) is 0 Å². The molecule has 2 amide bonds. The monoisotopic (exact) mass is 281 g/mol. The Morgan fingerprint density at radius 3 is 1.74 bits per heavy atom. The first-order valence-electron chi connectivity index (χ1n) is 6.03. The smallest absolute Gasteiger partial charge is 0.343 e. The van der Waals surface area contributed by atoms with Crippen LogP contribution in [0.15, 0.2) is 0 Å². The van der Waals surface area contributed by atoms with E-state index in [0.717, 1.165) is 52.1 Å². The van der Waals surface area contributed by atoms with Gasteiger partial charge in [-0.3, -0.25) is 14.5 Å². The van der Waals surface area contributed by atoms with Crippen LogP contribution in [0.25, 0.3) is 0 Å². The molecule has 2 heterocycles. The van der Waals surface area contributed by atoms with Crippen LogP contribution in [0.5, 0.6) is 0 Å². The zero-order chi connectivity index (χ0) is 14.5. The SMILES string of the molecule is CC(F)(F)F.O=CN1CCN(C2CN(C=O)C2)CC1. The Morgan fingerprint density at radius 1 is 0.947 bits per heavy atom. The molecule has 19 heavy (non-hydrogen) atoms. The number of rotatable bonds is 3. The molecule has 8 heteroatoms. The highest BCUT2D eigenvalue weighted by atomic mass is 19.4. The van der Waals surface area contributed by atoms with Crippen molar-refractivity contribution in [3.63, 3.8) is 0 Å². The third kappa shape index (κ3) is 5.91. The van der Waals surface area contributed by atoms with E-state index in [0.29, 0.717) is 6.04 Å². The molecule has 0 aromatic heterocycles. The summed E-state index contributed by atoms with van der Waals surface area (Å²) in [5.74, 6) is 0. The molecular weight excluding hydrogens is 263 g/mol. The molecule has 2 aliphatic rings. The van der Waals surface area contributed by atoms with Gasteiger partial charge >= 0.3 is 6.18 Å². The van der Waals surface area contributed by atoms with Gasteiger partial charge in [-0.25, -0.2) is 0 Å². The molecule has 110 valence electrons. The van der Waals surface area contributed by atoms with E-state index >= 15 is 0 Å². The Labute approximate surface area is 109 Å². The second-order valence-electron chi connectivity index (χ2n) is 4.67. The summed E-state index contributed by atoms with van der Waals surface area (Å²) in [5, 5.41) is 0. The molecule has 5 nitrogen and oxygen atoms in total. The quantitative estimate of drug-likeness (QED) is 0.693. The fourth-order valence-electron chi connectivity index (χ4n) is 2.01. The van der Waals surface area contributed by atoms with Crippen LogP contribution in [0.1, 0.15) is 6.92 Å². The molecule has 0 aromatic carbocycles. The molecule has 0 bridgehead atoms. The fraction of sp³-hybridized carbons (Fsp3) is 0.818. The summed E-state index contributed by atoms with van der Waals surface area (Å²) in [6.45, 7) is 5.41. The van der Waals surface area contributed by atoms with Crippen LogP contribution in [0.2, 0.25) is 0 Å². The Hall–Kier alpha value is -1.31. The molecule has 2 aliphatic heterocycles. The Morgan fingerprint density at radius 2 is 1.37 bits per heavy atom. The number of amides is 2. The molecule has 0 N–H and O–H groups in total. The summed E-state index contributed by atoms with van der Waals surface area (Å²) in [6, 6.07) is 0.522. The summed E-state index contributed by atoms with van der Waals surface area (Å²) in [5.41, 5.74) is 0. The van der Waals surface area contributed by atoms with Crippen LogP contribution in [0.3, 0.4) is 0 Å². The first-order chi connectivity index (χ1) is 8.83. The standard InChI is InChI=1S/C9H15N3O2.C2H3F3/c13-7-10-1-3-12(4-2-10)9-5-11(6-9)8-14;1-2(3,4)5/h7-9H,1-6H2;1H3. The molecule has 0 atom stereocenters. The largest absolute Gasteiger partial charge is 0.386 e. The molecular formula is C11H18F3N3O2. The first kappa shape index (κ1) is 15.7. The predicted molar refractivity (Wildman–Crippen MR) is 62.4 cm³/mol. The maximum absolute atomic E-state index is 10.5. The topological polar surface area (TPSA) is 43.9 Å². The lowest BCUT2D eigenvalue weighted by molar-refractivity contribution is -0.126. The summed E-state index contributed by atoms with van der Waals surface area (Å²) in [7, 11) is 0. The third-order valence-corrected chi connectivity index (χ3v) is 3.05. The second kappa shape index (κ2) is 6.74. The van der Waals surface area contributed by atoms with E-state index in [2.05, 4.69) is 4.90 Å². The van der Waals surface area contributed by atoms with Crippen LogP contribution in [-0.4, -0.2) is 79.0 Å². The highest BCUT2D eigenvalue weighted by Gasteiger charge is 2.32. The molecule has 2 rings (SSSR count). The van der Waals surface area contributed by atoms with Crippen LogP contribution in [0, 0.1) is 0 Å². The second-order valence-corrected chi connectivity index (χ2v) is 4.67. The lowest BCUT2D eigenvalue weighted by atomic mass is 10.1. The number of likely N-dealkylation sites (tertiary alicyclic amines) is 1. The van der Waals surface area contributed by atoms with Crippen molar-refractivity contribution in [2.24, 2.45) is 0 Å². The summed E-state index contributed by atoms with van der Waals surface area (Å²) in [4.78, 5) is 26.8. The number of carbonyl (C=O) groups is 2. The van der Waals surface area contributed by atoms with E-state index in [9.17, 15) is 22.8 Å². The van der Waals surface area contributed by atoms with Crippen LogP contribution < -0.4 is 0 Å². The van der Waals surface area contributed by atoms with Crippen molar-refractivity contribution in [1.82, 2.24) is 14.7 Å². The van der Waals surface area contributed by atoms with Gasteiger partial charge in [-0.15, -0.1) is 0 Å².